The van der Waals surface area contributed by atoms with Gasteiger partial charge in [-0.05, 0) is 56.8 Å². The Morgan fingerprint density at radius 1 is 0.903 bits per heavy atom. The molecule has 7 nitrogen and oxygen atoms in total. The maximum atomic E-state index is 10.2. The predicted octanol–water partition coefficient (Wildman–Crippen LogP) is 3.08. The molecule has 0 amide bonds. The second kappa shape index (κ2) is 12.4. The second-order valence-corrected chi connectivity index (χ2v) is 7.76. The van der Waals surface area contributed by atoms with E-state index >= 15 is 0 Å². The van der Waals surface area contributed by atoms with Gasteiger partial charge in [-0.25, -0.2) is 0 Å². The van der Waals surface area contributed by atoms with Crippen LogP contribution < -0.4 is 24.3 Å². The first-order chi connectivity index (χ1) is 14.9. The molecule has 2 aromatic rings. The number of aliphatic hydroxyl groups is 1. The standard InChI is InChI=1S/C24H36N2O5/c1-17(2)26(3)15-20(27)16-31-23-9-7-18(11-24(23)30-6)13-25-14-19-12-21(28-4)8-10-22(19)29-5/h7-12,17,20,25,27H,13-16H2,1-6H3/t20-/m0/s1. The van der Waals surface area contributed by atoms with Gasteiger partial charge in [-0.1, -0.05) is 6.07 Å². The molecule has 2 N–H and O–H groups in total. The molecule has 0 aliphatic heterocycles. The summed E-state index contributed by atoms with van der Waals surface area (Å²) in [4.78, 5) is 2.08. The van der Waals surface area contributed by atoms with Gasteiger partial charge >= 0.3 is 0 Å². The van der Waals surface area contributed by atoms with Crippen molar-refractivity contribution in [3.63, 3.8) is 0 Å². The van der Waals surface area contributed by atoms with Gasteiger partial charge < -0.3 is 34.3 Å². The predicted molar refractivity (Wildman–Crippen MR) is 122 cm³/mol. The highest BCUT2D eigenvalue weighted by Gasteiger charge is 2.13. The number of aliphatic hydroxyl groups excluding tert-OH is 1. The number of hydrogen-bond acceptors (Lipinski definition) is 7. The number of benzene rings is 2. The lowest BCUT2D eigenvalue weighted by atomic mass is 10.1. The Labute approximate surface area is 185 Å². The molecule has 172 valence electrons. The van der Waals surface area contributed by atoms with E-state index < -0.39 is 6.10 Å². The van der Waals surface area contributed by atoms with E-state index in [0.717, 1.165) is 22.6 Å². The summed E-state index contributed by atoms with van der Waals surface area (Å²) in [5, 5.41) is 13.6. The fraction of sp³-hybridized carbons (Fsp3) is 0.500. The number of ether oxygens (including phenoxy) is 4. The number of nitrogens with zero attached hydrogens (tertiary/aromatic N) is 1. The van der Waals surface area contributed by atoms with E-state index in [1.54, 1.807) is 21.3 Å². The maximum Gasteiger partial charge on any atom is 0.161 e. The van der Waals surface area contributed by atoms with Crippen molar-refractivity contribution < 1.29 is 24.1 Å². The van der Waals surface area contributed by atoms with Gasteiger partial charge in [0.1, 0.15) is 24.2 Å². The molecule has 7 heteroatoms. The number of likely N-dealkylation sites (N-methyl/N-ethyl adjacent to an activating group) is 1. The first-order valence-electron chi connectivity index (χ1n) is 10.5. The van der Waals surface area contributed by atoms with Crippen LogP contribution >= 0.6 is 0 Å². The van der Waals surface area contributed by atoms with Crippen molar-refractivity contribution in [1.29, 1.82) is 0 Å². The molecule has 0 saturated heterocycles. The number of methoxy groups -OCH3 is 3. The van der Waals surface area contributed by atoms with Crippen LogP contribution in [-0.4, -0.2) is 63.7 Å². The first-order valence-corrected chi connectivity index (χ1v) is 10.5. The lowest BCUT2D eigenvalue weighted by molar-refractivity contribution is 0.0668. The highest BCUT2D eigenvalue weighted by atomic mass is 16.5. The average Bonchev–Trinajstić information content (AvgIpc) is 2.77. The normalized spacial score (nSPS) is 12.2. The monoisotopic (exact) mass is 432 g/mol. The minimum atomic E-state index is -0.573. The second-order valence-electron chi connectivity index (χ2n) is 7.76. The highest BCUT2D eigenvalue weighted by Crippen LogP contribution is 2.28. The third-order valence-electron chi connectivity index (χ3n) is 5.17. The molecule has 0 aromatic heterocycles. The van der Waals surface area contributed by atoms with Gasteiger partial charge in [0.15, 0.2) is 11.5 Å². The summed E-state index contributed by atoms with van der Waals surface area (Å²) in [6.07, 6.45) is -0.573. The van der Waals surface area contributed by atoms with E-state index in [0.29, 0.717) is 37.2 Å². The van der Waals surface area contributed by atoms with Crippen molar-refractivity contribution in [2.45, 2.75) is 39.1 Å². The van der Waals surface area contributed by atoms with Crippen molar-refractivity contribution in [2.24, 2.45) is 0 Å². The summed E-state index contributed by atoms with van der Waals surface area (Å²) in [6.45, 7) is 6.23. The quantitative estimate of drug-likeness (QED) is 0.504. The summed E-state index contributed by atoms with van der Waals surface area (Å²) >= 11 is 0. The third kappa shape index (κ3) is 7.61. The third-order valence-corrected chi connectivity index (χ3v) is 5.17. The molecule has 0 heterocycles. The summed E-state index contributed by atoms with van der Waals surface area (Å²) in [5.74, 6) is 2.87. The first kappa shape index (κ1) is 24.8. The molecule has 0 aliphatic rings. The van der Waals surface area contributed by atoms with Crippen LogP contribution in [0.2, 0.25) is 0 Å². The van der Waals surface area contributed by atoms with Crippen LogP contribution in [0, 0.1) is 0 Å². The number of hydrogen-bond donors (Lipinski definition) is 2. The van der Waals surface area contributed by atoms with E-state index in [1.165, 1.54) is 0 Å². The molecule has 0 saturated carbocycles. The molecule has 0 fully saturated rings. The largest absolute Gasteiger partial charge is 0.497 e. The zero-order valence-electron chi connectivity index (χ0n) is 19.5. The Morgan fingerprint density at radius 3 is 2.26 bits per heavy atom. The van der Waals surface area contributed by atoms with Gasteiger partial charge in [0.25, 0.3) is 0 Å². The van der Waals surface area contributed by atoms with Gasteiger partial charge in [-0.3, -0.25) is 0 Å². The van der Waals surface area contributed by atoms with E-state index in [9.17, 15) is 5.11 Å². The fourth-order valence-electron chi connectivity index (χ4n) is 3.08. The van der Waals surface area contributed by atoms with Crippen LogP contribution in [0.15, 0.2) is 36.4 Å². The molecule has 2 aromatic carbocycles. The summed E-state index contributed by atoms with van der Waals surface area (Å²) in [6, 6.07) is 11.9. The summed E-state index contributed by atoms with van der Waals surface area (Å²) in [7, 11) is 6.91. The lowest BCUT2D eigenvalue weighted by Gasteiger charge is -2.24. The minimum absolute atomic E-state index is 0.209. The van der Waals surface area contributed by atoms with Crippen molar-refractivity contribution in [2.75, 3.05) is 41.5 Å². The van der Waals surface area contributed by atoms with Crippen LogP contribution in [0.5, 0.6) is 23.0 Å². The van der Waals surface area contributed by atoms with E-state index in [4.69, 9.17) is 18.9 Å². The van der Waals surface area contributed by atoms with Crippen LogP contribution in [0.4, 0.5) is 0 Å². The molecule has 0 spiro atoms. The molecule has 0 radical (unpaired) electrons. The molecular formula is C24H36N2O5. The van der Waals surface area contributed by atoms with Crippen LogP contribution in [0.3, 0.4) is 0 Å². The van der Waals surface area contributed by atoms with Gasteiger partial charge in [0, 0.05) is 31.2 Å². The highest BCUT2D eigenvalue weighted by molar-refractivity contribution is 5.43. The Bertz CT molecular complexity index is 813. The van der Waals surface area contributed by atoms with E-state index in [-0.39, 0.29) is 6.61 Å². The smallest absolute Gasteiger partial charge is 0.161 e. The van der Waals surface area contributed by atoms with Gasteiger partial charge in [-0.15, -0.1) is 0 Å². The van der Waals surface area contributed by atoms with Gasteiger partial charge in [0.05, 0.1) is 21.3 Å². The minimum Gasteiger partial charge on any atom is -0.497 e. The number of rotatable bonds is 13. The molecule has 31 heavy (non-hydrogen) atoms. The van der Waals surface area contributed by atoms with Crippen molar-refractivity contribution in [3.8, 4) is 23.0 Å². The summed E-state index contributed by atoms with van der Waals surface area (Å²) < 4.78 is 22.0. The molecule has 2 rings (SSSR count). The van der Waals surface area contributed by atoms with Crippen LogP contribution in [0.25, 0.3) is 0 Å². The Kier molecular flexibility index (Phi) is 9.91. The Balaban J connectivity index is 1.93. The van der Waals surface area contributed by atoms with Crippen LogP contribution in [0.1, 0.15) is 25.0 Å². The SMILES string of the molecule is COc1ccc(OC)c(CNCc2ccc(OC[C@@H](O)CN(C)C(C)C)c(OC)c2)c1. The molecule has 1 atom stereocenters. The number of nitrogens with one attached hydrogen (secondary N) is 1. The Hall–Kier alpha value is -2.48. The zero-order chi connectivity index (χ0) is 22.8. The molecule has 0 aliphatic carbocycles. The maximum absolute atomic E-state index is 10.2. The van der Waals surface area contributed by atoms with Crippen molar-refractivity contribution in [1.82, 2.24) is 10.2 Å². The zero-order valence-corrected chi connectivity index (χ0v) is 19.5. The fourth-order valence-corrected chi connectivity index (χ4v) is 3.08. The van der Waals surface area contributed by atoms with Gasteiger partial charge in [0.2, 0.25) is 0 Å². The lowest BCUT2D eigenvalue weighted by Crippen LogP contribution is -2.36. The van der Waals surface area contributed by atoms with E-state index in [1.807, 2.05) is 43.4 Å². The van der Waals surface area contributed by atoms with Crippen molar-refractivity contribution >= 4 is 0 Å². The van der Waals surface area contributed by atoms with Crippen LogP contribution in [-0.2, 0) is 13.1 Å². The molecule has 0 unspecified atom stereocenters. The Morgan fingerprint density at radius 2 is 1.61 bits per heavy atom. The summed E-state index contributed by atoms with van der Waals surface area (Å²) in [5.41, 5.74) is 2.08. The molecule has 0 bridgehead atoms. The molecular weight excluding hydrogens is 396 g/mol. The van der Waals surface area contributed by atoms with E-state index in [2.05, 4.69) is 24.1 Å². The van der Waals surface area contributed by atoms with Crippen molar-refractivity contribution in [3.05, 3.63) is 47.5 Å². The topological polar surface area (TPSA) is 72.4 Å². The average molecular weight is 433 g/mol. The van der Waals surface area contributed by atoms with Gasteiger partial charge in [-0.2, -0.15) is 0 Å².